The van der Waals surface area contributed by atoms with Gasteiger partial charge >= 0.3 is 5.97 Å². The number of rotatable bonds is 6. The first-order valence-electron chi connectivity index (χ1n) is 6.48. The summed E-state index contributed by atoms with van der Waals surface area (Å²) in [4.78, 5) is 25.2. The average Bonchev–Trinajstić information content (AvgIpc) is 2.74. The Hall–Kier alpha value is -1.10. The van der Waals surface area contributed by atoms with Gasteiger partial charge in [-0.05, 0) is 12.8 Å². The minimum absolute atomic E-state index is 0.0258. The van der Waals surface area contributed by atoms with E-state index in [0.717, 1.165) is 12.8 Å². The van der Waals surface area contributed by atoms with Crippen molar-refractivity contribution in [1.82, 2.24) is 4.90 Å². The van der Waals surface area contributed by atoms with E-state index in [2.05, 4.69) is 0 Å². The maximum Gasteiger partial charge on any atom is 0.313 e. The standard InChI is InChI=1S/C13H23NO4/c1-4-5-10(2)11(15)14-7-6-13(8-14,9-18-3)12(16)17/h10H,4-9H2,1-3H3,(H,16,17). The second kappa shape index (κ2) is 6.18. The lowest BCUT2D eigenvalue weighted by atomic mass is 9.88. The summed E-state index contributed by atoms with van der Waals surface area (Å²) < 4.78 is 5.01. The van der Waals surface area contributed by atoms with Crippen molar-refractivity contribution in [3.05, 3.63) is 0 Å². The molecule has 2 unspecified atom stereocenters. The number of amides is 1. The van der Waals surface area contributed by atoms with Crippen molar-refractivity contribution in [3.8, 4) is 0 Å². The van der Waals surface area contributed by atoms with Crippen molar-refractivity contribution in [3.63, 3.8) is 0 Å². The molecule has 0 aromatic rings. The Morgan fingerprint density at radius 1 is 1.50 bits per heavy atom. The maximum atomic E-state index is 12.1. The highest BCUT2D eigenvalue weighted by atomic mass is 16.5. The molecule has 1 aliphatic heterocycles. The molecule has 0 radical (unpaired) electrons. The van der Waals surface area contributed by atoms with Crippen molar-refractivity contribution in [1.29, 1.82) is 0 Å². The monoisotopic (exact) mass is 257 g/mol. The number of nitrogens with zero attached hydrogens (tertiary/aromatic N) is 1. The lowest BCUT2D eigenvalue weighted by molar-refractivity contribution is -0.151. The third kappa shape index (κ3) is 3.02. The van der Waals surface area contributed by atoms with Gasteiger partial charge < -0.3 is 14.7 Å². The summed E-state index contributed by atoms with van der Waals surface area (Å²) >= 11 is 0. The highest BCUT2D eigenvalue weighted by molar-refractivity contribution is 5.82. The minimum atomic E-state index is -0.920. The Morgan fingerprint density at radius 3 is 2.67 bits per heavy atom. The largest absolute Gasteiger partial charge is 0.481 e. The zero-order valence-electron chi connectivity index (χ0n) is 11.4. The number of likely N-dealkylation sites (tertiary alicyclic amines) is 1. The molecule has 2 atom stereocenters. The van der Waals surface area contributed by atoms with Crippen LogP contribution in [0.25, 0.3) is 0 Å². The van der Waals surface area contributed by atoms with E-state index in [-0.39, 0.29) is 25.0 Å². The summed E-state index contributed by atoms with van der Waals surface area (Å²) in [6.45, 7) is 4.89. The van der Waals surface area contributed by atoms with Crippen LogP contribution in [0.5, 0.6) is 0 Å². The highest BCUT2D eigenvalue weighted by Gasteiger charge is 2.46. The van der Waals surface area contributed by atoms with Crippen LogP contribution in [0.2, 0.25) is 0 Å². The molecule has 0 aromatic heterocycles. The van der Waals surface area contributed by atoms with Gasteiger partial charge in [0.15, 0.2) is 0 Å². The molecule has 18 heavy (non-hydrogen) atoms. The molecule has 1 rings (SSSR count). The molecule has 1 heterocycles. The van der Waals surface area contributed by atoms with Crippen LogP contribution in [0.1, 0.15) is 33.1 Å². The second-order valence-corrected chi connectivity index (χ2v) is 5.22. The fraction of sp³-hybridized carbons (Fsp3) is 0.846. The Balaban J connectivity index is 2.69. The fourth-order valence-electron chi connectivity index (χ4n) is 2.56. The quantitative estimate of drug-likeness (QED) is 0.780. The molecule has 0 aromatic carbocycles. The Bertz CT molecular complexity index is 318. The van der Waals surface area contributed by atoms with E-state index in [9.17, 15) is 14.7 Å². The molecule has 5 nitrogen and oxygen atoms in total. The van der Waals surface area contributed by atoms with Gasteiger partial charge in [-0.25, -0.2) is 0 Å². The zero-order valence-corrected chi connectivity index (χ0v) is 11.4. The van der Waals surface area contributed by atoms with Crippen LogP contribution >= 0.6 is 0 Å². The lowest BCUT2D eigenvalue weighted by Gasteiger charge is -2.25. The number of ether oxygens (including phenoxy) is 1. The molecule has 1 saturated heterocycles. The lowest BCUT2D eigenvalue weighted by Crippen LogP contribution is -2.41. The van der Waals surface area contributed by atoms with Gasteiger partial charge in [0.05, 0.1) is 6.61 Å². The van der Waals surface area contributed by atoms with Crippen molar-refractivity contribution >= 4 is 11.9 Å². The number of hydrogen-bond donors (Lipinski definition) is 1. The van der Waals surface area contributed by atoms with Crippen molar-refractivity contribution in [2.75, 3.05) is 26.8 Å². The molecular formula is C13H23NO4. The van der Waals surface area contributed by atoms with E-state index in [4.69, 9.17) is 4.74 Å². The van der Waals surface area contributed by atoms with E-state index in [1.807, 2.05) is 13.8 Å². The predicted molar refractivity (Wildman–Crippen MR) is 67.2 cm³/mol. The SMILES string of the molecule is CCCC(C)C(=O)N1CCC(COC)(C(=O)O)C1. The van der Waals surface area contributed by atoms with Crippen molar-refractivity contribution < 1.29 is 19.4 Å². The Morgan fingerprint density at radius 2 is 2.17 bits per heavy atom. The van der Waals surface area contributed by atoms with Gasteiger partial charge in [-0.15, -0.1) is 0 Å². The van der Waals surface area contributed by atoms with Gasteiger partial charge in [-0.2, -0.15) is 0 Å². The van der Waals surface area contributed by atoms with E-state index < -0.39 is 11.4 Å². The predicted octanol–water partition coefficient (Wildman–Crippen LogP) is 1.37. The van der Waals surface area contributed by atoms with Crippen LogP contribution in [-0.4, -0.2) is 48.7 Å². The first-order chi connectivity index (χ1) is 8.46. The normalized spacial score (nSPS) is 25.2. The summed E-state index contributed by atoms with van der Waals surface area (Å²) in [5, 5.41) is 9.32. The third-order valence-electron chi connectivity index (χ3n) is 3.68. The highest BCUT2D eigenvalue weighted by Crippen LogP contribution is 2.32. The summed E-state index contributed by atoms with van der Waals surface area (Å²) in [7, 11) is 1.49. The molecular weight excluding hydrogens is 234 g/mol. The van der Waals surface area contributed by atoms with Gasteiger partial charge in [-0.3, -0.25) is 9.59 Å². The number of methoxy groups -OCH3 is 1. The van der Waals surface area contributed by atoms with Crippen molar-refractivity contribution in [2.24, 2.45) is 11.3 Å². The molecule has 0 spiro atoms. The Kier molecular flexibility index (Phi) is 5.14. The van der Waals surface area contributed by atoms with Crippen LogP contribution in [0, 0.1) is 11.3 Å². The Labute approximate surface area is 108 Å². The molecule has 104 valence electrons. The second-order valence-electron chi connectivity index (χ2n) is 5.22. The molecule has 1 aliphatic rings. The molecule has 1 fully saturated rings. The minimum Gasteiger partial charge on any atom is -0.481 e. The van der Waals surface area contributed by atoms with Crippen LogP contribution < -0.4 is 0 Å². The molecule has 0 bridgehead atoms. The molecule has 1 amide bonds. The van der Waals surface area contributed by atoms with Crippen LogP contribution in [-0.2, 0) is 14.3 Å². The van der Waals surface area contributed by atoms with Gasteiger partial charge in [-0.1, -0.05) is 20.3 Å². The third-order valence-corrected chi connectivity index (χ3v) is 3.68. The fourth-order valence-corrected chi connectivity index (χ4v) is 2.56. The van der Waals surface area contributed by atoms with Crippen molar-refractivity contribution in [2.45, 2.75) is 33.1 Å². The molecule has 0 saturated carbocycles. The number of aliphatic carboxylic acids is 1. The van der Waals surface area contributed by atoms with Crippen LogP contribution in [0.3, 0.4) is 0 Å². The smallest absolute Gasteiger partial charge is 0.313 e. The summed E-state index contributed by atoms with van der Waals surface area (Å²) in [5.74, 6) is -0.832. The molecule has 1 N–H and O–H groups in total. The van der Waals surface area contributed by atoms with E-state index >= 15 is 0 Å². The molecule has 0 aliphatic carbocycles. The van der Waals surface area contributed by atoms with E-state index in [1.54, 1.807) is 4.90 Å². The molecule has 5 heteroatoms. The first kappa shape index (κ1) is 15.0. The zero-order chi connectivity index (χ0) is 13.8. The van der Waals surface area contributed by atoms with E-state index in [1.165, 1.54) is 7.11 Å². The van der Waals surface area contributed by atoms with Gasteiger partial charge in [0.2, 0.25) is 5.91 Å². The number of carbonyl (C=O) groups excluding carboxylic acids is 1. The summed E-state index contributed by atoms with van der Waals surface area (Å²) in [6, 6.07) is 0. The van der Waals surface area contributed by atoms with E-state index in [0.29, 0.717) is 13.0 Å². The topological polar surface area (TPSA) is 66.8 Å². The summed E-state index contributed by atoms with van der Waals surface area (Å²) in [5.41, 5.74) is -0.920. The van der Waals surface area contributed by atoms with Crippen LogP contribution in [0.15, 0.2) is 0 Å². The van der Waals surface area contributed by atoms with Gasteiger partial charge in [0, 0.05) is 26.1 Å². The number of carbonyl (C=O) groups is 2. The first-order valence-corrected chi connectivity index (χ1v) is 6.48. The van der Waals surface area contributed by atoms with Gasteiger partial charge in [0.25, 0.3) is 0 Å². The number of carboxylic acid groups (broad SMARTS) is 1. The van der Waals surface area contributed by atoms with Gasteiger partial charge in [0.1, 0.15) is 5.41 Å². The number of carboxylic acids is 1. The maximum absolute atomic E-state index is 12.1. The summed E-state index contributed by atoms with van der Waals surface area (Å²) in [6.07, 6.45) is 2.28. The van der Waals surface area contributed by atoms with Crippen LogP contribution in [0.4, 0.5) is 0 Å². The average molecular weight is 257 g/mol. The number of hydrogen-bond acceptors (Lipinski definition) is 3.